The number of hydrogen-bond acceptors (Lipinski definition) is 3. The molecule has 1 aliphatic rings. The Labute approximate surface area is 151 Å². The molecule has 1 fully saturated rings. The molecule has 0 radical (unpaired) electrons. The number of benzene rings is 2. The summed E-state index contributed by atoms with van der Waals surface area (Å²) in [5.41, 5.74) is 1.87. The van der Waals surface area contributed by atoms with Gasteiger partial charge in [0.1, 0.15) is 11.6 Å². The van der Waals surface area contributed by atoms with Gasteiger partial charge in [0.05, 0.1) is 5.56 Å². The molecule has 1 saturated heterocycles. The van der Waals surface area contributed by atoms with Crippen molar-refractivity contribution in [3.05, 3.63) is 70.8 Å². The maximum Gasteiger partial charge on any atom is 0.335 e. The molecule has 1 atom stereocenters. The van der Waals surface area contributed by atoms with Crippen LogP contribution < -0.4 is 0 Å². The van der Waals surface area contributed by atoms with Crippen molar-refractivity contribution in [3.8, 4) is 0 Å². The number of carboxylic acids is 1. The Morgan fingerprint density at radius 3 is 2.31 bits per heavy atom. The number of hydrogen-bond donors (Lipinski definition) is 1. The van der Waals surface area contributed by atoms with Gasteiger partial charge in [0.2, 0.25) is 0 Å². The number of nitrogens with zero attached hydrogens (tertiary/aromatic N) is 2. The first kappa shape index (κ1) is 18.5. The van der Waals surface area contributed by atoms with E-state index in [9.17, 15) is 13.6 Å². The average molecular weight is 360 g/mol. The molecule has 2 aromatic carbocycles. The van der Waals surface area contributed by atoms with Crippen molar-refractivity contribution in [1.29, 1.82) is 0 Å². The molecular formula is C20H22F2N2O2. The molecule has 0 spiro atoms. The van der Waals surface area contributed by atoms with Crippen molar-refractivity contribution >= 4 is 5.97 Å². The Bertz CT molecular complexity index is 772. The Balaban J connectivity index is 1.56. The van der Waals surface area contributed by atoms with Gasteiger partial charge >= 0.3 is 5.97 Å². The summed E-state index contributed by atoms with van der Waals surface area (Å²) in [5.74, 6) is -1.98. The van der Waals surface area contributed by atoms with Crippen LogP contribution in [0.2, 0.25) is 0 Å². The van der Waals surface area contributed by atoms with Gasteiger partial charge in [-0.15, -0.1) is 0 Å². The fourth-order valence-electron chi connectivity index (χ4n) is 3.36. The predicted octanol–water partition coefficient (Wildman–Crippen LogP) is 3.54. The van der Waals surface area contributed by atoms with Crippen molar-refractivity contribution in [1.82, 2.24) is 9.80 Å². The minimum atomic E-state index is -0.924. The lowest BCUT2D eigenvalue weighted by atomic mass is 10.0. The summed E-state index contributed by atoms with van der Waals surface area (Å²) in [7, 11) is 0. The van der Waals surface area contributed by atoms with E-state index >= 15 is 0 Å². The molecule has 1 heterocycles. The van der Waals surface area contributed by atoms with Crippen LogP contribution in [0.4, 0.5) is 8.78 Å². The van der Waals surface area contributed by atoms with Crippen molar-refractivity contribution in [2.24, 2.45) is 0 Å². The van der Waals surface area contributed by atoms with Gasteiger partial charge in [0.15, 0.2) is 0 Å². The topological polar surface area (TPSA) is 43.8 Å². The third kappa shape index (κ3) is 4.26. The van der Waals surface area contributed by atoms with Crippen LogP contribution in [-0.2, 0) is 6.54 Å². The molecule has 6 heteroatoms. The highest BCUT2D eigenvalue weighted by molar-refractivity contribution is 5.87. The standard InChI is InChI=1S/C20H22F2N2O2/c1-14(18-7-6-17(21)12-19(18)22)24-10-8-23(9-11-24)13-15-2-4-16(5-3-15)20(25)26/h2-7,12,14H,8-11,13H2,1H3,(H,25,26). The van der Waals surface area contributed by atoms with Gasteiger partial charge < -0.3 is 5.11 Å². The van der Waals surface area contributed by atoms with Crippen LogP contribution >= 0.6 is 0 Å². The van der Waals surface area contributed by atoms with E-state index in [1.165, 1.54) is 12.1 Å². The summed E-state index contributed by atoms with van der Waals surface area (Å²) in [6.45, 7) is 5.97. The number of piperazine rings is 1. The van der Waals surface area contributed by atoms with Crippen LogP contribution in [-0.4, -0.2) is 47.1 Å². The van der Waals surface area contributed by atoms with Gasteiger partial charge in [-0.3, -0.25) is 9.80 Å². The first-order chi connectivity index (χ1) is 12.4. The van der Waals surface area contributed by atoms with E-state index in [1.54, 1.807) is 12.1 Å². The normalized spacial score (nSPS) is 17.2. The van der Waals surface area contributed by atoms with E-state index in [-0.39, 0.29) is 11.6 Å². The Kier molecular flexibility index (Phi) is 5.64. The average Bonchev–Trinajstić information content (AvgIpc) is 2.62. The molecule has 0 aromatic heterocycles. The number of rotatable bonds is 5. The van der Waals surface area contributed by atoms with Crippen LogP contribution in [0, 0.1) is 11.6 Å². The van der Waals surface area contributed by atoms with E-state index in [4.69, 9.17) is 5.11 Å². The fourth-order valence-corrected chi connectivity index (χ4v) is 3.36. The monoisotopic (exact) mass is 360 g/mol. The Morgan fingerprint density at radius 1 is 1.08 bits per heavy atom. The van der Waals surface area contributed by atoms with Gasteiger partial charge in [-0.1, -0.05) is 18.2 Å². The minimum Gasteiger partial charge on any atom is -0.478 e. The molecule has 0 saturated carbocycles. The van der Waals surface area contributed by atoms with Crippen molar-refractivity contribution < 1.29 is 18.7 Å². The number of aromatic carboxylic acids is 1. The molecule has 0 aliphatic carbocycles. The summed E-state index contributed by atoms with van der Waals surface area (Å²) < 4.78 is 27.1. The van der Waals surface area contributed by atoms with Crippen molar-refractivity contribution in [3.63, 3.8) is 0 Å². The Hall–Kier alpha value is -2.31. The zero-order chi connectivity index (χ0) is 18.7. The third-order valence-corrected chi connectivity index (χ3v) is 4.97. The number of carbonyl (C=O) groups is 1. The van der Waals surface area contributed by atoms with Crippen molar-refractivity contribution in [2.45, 2.75) is 19.5 Å². The molecule has 3 rings (SSSR count). The molecule has 1 unspecified atom stereocenters. The second kappa shape index (κ2) is 7.93. The largest absolute Gasteiger partial charge is 0.478 e. The summed E-state index contributed by atoms with van der Waals surface area (Å²) in [6, 6.07) is 10.6. The molecule has 4 nitrogen and oxygen atoms in total. The van der Waals surface area contributed by atoms with Crippen LogP contribution in [0.5, 0.6) is 0 Å². The van der Waals surface area contributed by atoms with E-state index in [2.05, 4.69) is 9.80 Å². The molecule has 1 N–H and O–H groups in total. The number of carboxylic acid groups (broad SMARTS) is 1. The molecule has 1 aliphatic heterocycles. The number of halogens is 2. The smallest absolute Gasteiger partial charge is 0.335 e. The van der Waals surface area contributed by atoms with Gasteiger partial charge in [-0.25, -0.2) is 13.6 Å². The SMILES string of the molecule is CC(c1ccc(F)cc1F)N1CCN(Cc2ccc(C(=O)O)cc2)CC1. The lowest BCUT2D eigenvalue weighted by Gasteiger charge is -2.38. The molecular weight excluding hydrogens is 338 g/mol. The summed E-state index contributed by atoms with van der Waals surface area (Å²) in [4.78, 5) is 15.4. The third-order valence-electron chi connectivity index (χ3n) is 4.97. The van der Waals surface area contributed by atoms with E-state index in [0.717, 1.165) is 44.4 Å². The molecule has 138 valence electrons. The first-order valence-corrected chi connectivity index (χ1v) is 8.67. The highest BCUT2D eigenvalue weighted by Gasteiger charge is 2.24. The van der Waals surface area contributed by atoms with E-state index in [1.807, 2.05) is 19.1 Å². The van der Waals surface area contributed by atoms with Crippen LogP contribution in [0.25, 0.3) is 0 Å². The maximum atomic E-state index is 14.0. The second-order valence-electron chi connectivity index (χ2n) is 6.66. The van der Waals surface area contributed by atoms with Crippen LogP contribution in [0.15, 0.2) is 42.5 Å². The zero-order valence-corrected chi connectivity index (χ0v) is 14.7. The van der Waals surface area contributed by atoms with Crippen molar-refractivity contribution in [2.75, 3.05) is 26.2 Å². The van der Waals surface area contributed by atoms with Crippen LogP contribution in [0.3, 0.4) is 0 Å². The second-order valence-corrected chi connectivity index (χ2v) is 6.66. The molecule has 2 aromatic rings. The molecule has 0 amide bonds. The summed E-state index contributed by atoms with van der Waals surface area (Å²) >= 11 is 0. The lowest BCUT2D eigenvalue weighted by Crippen LogP contribution is -2.46. The van der Waals surface area contributed by atoms with Gasteiger partial charge in [0, 0.05) is 50.4 Å². The van der Waals surface area contributed by atoms with E-state index < -0.39 is 17.6 Å². The van der Waals surface area contributed by atoms with Gasteiger partial charge in [-0.2, -0.15) is 0 Å². The van der Waals surface area contributed by atoms with E-state index in [0.29, 0.717) is 5.56 Å². The zero-order valence-electron chi connectivity index (χ0n) is 14.7. The lowest BCUT2D eigenvalue weighted by molar-refractivity contribution is 0.0697. The summed E-state index contributed by atoms with van der Waals surface area (Å²) in [6.07, 6.45) is 0. The predicted molar refractivity (Wildman–Crippen MR) is 95.0 cm³/mol. The summed E-state index contributed by atoms with van der Waals surface area (Å²) in [5, 5.41) is 8.94. The van der Waals surface area contributed by atoms with Crippen LogP contribution in [0.1, 0.15) is 34.5 Å². The quantitative estimate of drug-likeness (QED) is 0.886. The van der Waals surface area contributed by atoms with Gasteiger partial charge in [0.25, 0.3) is 0 Å². The molecule has 0 bridgehead atoms. The fraction of sp³-hybridized carbons (Fsp3) is 0.350. The first-order valence-electron chi connectivity index (χ1n) is 8.67. The minimum absolute atomic E-state index is 0.104. The molecule has 26 heavy (non-hydrogen) atoms. The van der Waals surface area contributed by atoms with Gasteiger partial charge in [-0.05, 0) is 30.7 Å². The highest BCUT2D eigenvalue weighted by Crippen LogP contribution is 2.25. The Morgan fingerprint density at radius 2 is 1.73 bits per heavy atom. The maximum absolute atomic E-state index is 14.0. The highest BCUT2D eigenvalue weighted by atomic mass is 19.1.